The number of ether oxygens (including phenoxy) is 1. The average molecular weight is 661 g/mol. The average Bonchev–Trinajstić information content (AvgIpc) is 3.12. The van der Waals surface area contributed by atoms with Crippen LogP contribution < -0.4 is 26.2 Å². The fourth-order valence-electron chi connectivity index (χ4n) is 5.99. The van der Waals surface area contributed by atoms with Gasteiger partial charge in [-0.15, -0.1) is 0 Å². The number of aromatic nitrogens is 3. The third-order valence-corrected chi connectivity index (χ3v) is 8.35. The predicted molar refractivity (Wildman–Crippen MR) is 192 cm³/mol. The van der Waals surface area contributed by atoms with Crippen LogP contribution in [0.5, 0.6) is 0 Å². The standard InChI is InChI=1S/C36H40N10O3/c1-2-32(47)39-29-6-3-5-25(21-29)23-45-16-4-7-30(24-45)40-34-31(22-37)35(46-17-19-49-20-18-46)44-33(43-34)26-8-10-27(11-9-26)41-36(48)42-28-12-14-38-15-13-28/h2-3,5-6,8-15,21-22,30,37H,1,4,7,16-20,23-24H2,(H,39,47)(H,40,43,44)(H2,38,41,42,48). The number of hydrogen-bond donors (Lipinski definition) is 5. The lowest BCUT2D eigenvalue weighted by Gasteiger charge is -2.34. The largest absolute Gasteiger partial charge is 0.378 e. The van der Waals surface area contributed by atoms with Crippen molar-refractivity contribution in [1.82, 2.24) is 19.9 Å². The molecule has 0 aliphatic carbocycles. The summed E-state index contributed by atoms with van der Waals surface area (Å²) in [4.78, 5) is 42.7. The first-order valence-electron chi connectivity index (χ1n) is 16.3. The second kappa shape index (κ2) is 16.0. The molecule has 49 heavy (non-hydrogen) atoms. The highest BCUT2D eigenvalue weighted by molar-refractivity contribution is 6.00. The Hall–Kier alpha value is -5.66. The lowest BCUT2D eigenvalue weighted by atomic mass is 10.0. The Morgan fingerprint density at radius 2 is 1.69 bits per heavy atom. The molecule has 1 atom stereocenters. The molecule has 5 N–H and O–H groups in total. The van der Waals surface area contributed by atoms with E-state index in [1.54, 1.807) is 24.5 Å². The zero-order valence-electron chi connectivity index (χ0n) is 27.2. The van der Waals surface area contributed by atoms with Crippen LogP contribution >= 0.6 is 0 Å². The van der Waals surface area contributed by atoms with Gasteiger partial charge in [-0.2, -0.15) is 0 Å². The summed E-state index contributed by atoms with van der Waals surface area (Å²) in [6, 6.07) is 18.4. The maximum Gasteiger partial charge on any atom is 0.323 e. The third-order valence-electron chi connectivity index (χ3n) is 8.35. The molecule has 0 saturated carbocycles. The summed E-state index contributed by atoms with van der Waals surface area (Å²) >= 11 is 0. The Balaban J connectivity index is 1.20. The number of piperidine rings is 1. The monoisotopic (exact) mass is 660 g/mol. The van der Waals surface area contributed by atoms with Crippen molar-refractivity contribution in [1.29, 1.82) is 5.41 Å². The van der Waals surface area contributed by atoms with Crippen molar-refractivity contribution in [2.45, 2.75) is 25.4 Å². The molecule has 3 amide bonds. The summed E-state index contributed by atoms with van der Waals surface area (Å²) in [5.41, 5.74) is 4.53. The maximum atomic E-state index is 12.5. The van der Waals surface area contributed by atoms with Crippen molar-refractivity contribution in [2.24, 2.45) is 0 Å². The van der Waals surface area contributed by atoms with E-state index in [2.05, 4.69) is 48.7 Å². The van der Waals surface area contributed by atoms with Crippen LogP contribution in [0.15, 0.2) is 85.7 Å². The van der Waals surface area contributed by atoms with E-state index >= 15 is 0 Å². The number of benzene rings is 2. The number of amides is 3. The van der Waals surface area contributed by atoms with Gasteiger partial charge in [0.15, 0.2) is 5.82 Å². The van der Waals surface area contributed by atoms with Gasteiger partial charge < -0.3 is 36.3 Å². The van der Waals surface area contributed by atoms with Gasteiger partial charge in [0.25, 0.3) is 0 Å². The summed E-state index contributed by atoms with van der Waals surface area (Å²) in [6.45, 7) is 8.49. The van der Waals surface area contributed by atoms with Crippen LogP contribution in [0.2, 0.25) is 0 Å². The molecule has 2 aliphatic heterocycles. The van der Waals surface area contributed by atoms with Crippen LogP contribution in [0.25, 0.3) is 11.4 Å². The van der Waals surface area contributed by atoms with Gasteiger partial charge in [-0.05, 0) is 79.6 Å². The molecule has 6 rings (SSSR count). The Labute approximate surface area is 285 Å². The number of hydrogen-bond acceptors (Lipinski definition) is 10. The Kier molecular flexibility index (Phi) is 10.8. The van der Waals surface area contributed by atoms with E-state index in [4.69, 9.17) is 20.1 Å². The summed E-state index contributed by atoms with van der Waals surface area (Å²) in [6.07, 6.45) is 7.77. The van der Waals surface area contributed by atoms with Crippen LogP contribution in [0.4, 0.5) is 33.5 Å². The number of carbonyl (C=O) groups excluding carboxylic acids is 2. The molecule has 252 valence electrons. The van der Waals surface area contributed by atoms with Crippen molar-refractivity contribution in [3.05, 3.63) is 96.8 Å². The minimum atomic E-state index is -0.361. The van der Waals surface area contributed by atoms with Gasteiger partial charge in [0.05, 0.1) is 18.8 Å². The van der Waals surface area contributed by atoms with E-state index in [1.165, 1.54) is 12.3 Å². The molecule has 2 fully saturated rings. The molecule has 1 unspecified atom stereocenters. The van der Waals surface area contributed by atoms with Crippen molar-refractivity contribution < 1.29 is 14.3 Å². The van der Waals surface area contributed by atoms with Crippen molar-refractivity contribution >= 4 is 46.9 Å². The van der Waals surface area contributed by atoms with E-state index < -0.39 is 0 Å². The van der Waals surface area contributed by atoms with Crippen LogP contribution in [0, 0.1) is 5.41 Å². The smallest absolute Gasteiger partial charge is 0.323 e. The topological polar surface area (TPSA) is 160 Å². The van der Waals surface area contributed by atoms with Crippen molar-refractivity contribution in [2.75, 3.05) is 65.6 Å². The maximum absolute atomic E-state index is 12.5. The molecule has 13 nitrogen and oxygen atoms in total. The molecule has 0 spiro atoms. The fraction of sp³-hybridized carbons (Fsp3) is 0.278. The van der Waals surface area contributed by atoms with Gasteiger partial charge in [-0.1, -0.05) is 18.7 Å². The van der Waals surface area contributed by atoms with Gasteiger partial charge in [-0.25, -0.2) is 14.8 Å². The zero-order chi connectivity index (χ0) is 34.0. The van der Waals surface area contributed by atoms with E-state index in [-0.39, 0.29) is 18.0 Å². The number of rotatable bonds is 11. The van der Waals surface area contributed by atoms with Crippen LogP contribution in [0.1, 0.15) is 24.0 Å². The van der Waals surface area contributed by atoms with Crippen molar-refractivity contribution in [3.63, 3.8) is 0 Å². The first-order chi connectivity index (χ1) is 24.0. The number of urea groups is 1. The van der Waals surface area contributed by atoms with Crippen LogP contribution in [-0.2, 0) is 16.1 Å². The minimum Gasteiger partial charge on any atom is -0.378 e. The third kappa shape index (κ3) is 8.83. The zero-order valence-corrected chi connectivity index (χ0v) is 27.2. The predicted octanol–water partition coefficient (Wildman–Crippen LogP) is 5.22. The van der Waals surface area contributed by atoms with Gasteiger partial charge in [0, 0.05) is 73.5 Å². The Bertz CT molecular complexity index is 1780. The highest BCUT2D eigenvalue weighted by atomic mass is 16.5. The van der Waals surface area contributed by atoms with E-state index in [0.717, 1.165) is 49.3 Å². The highest BCUT2D eigenvalue weighted by Gasteiger charge is 2.25. The molecule has 13 heteroatoms. The van der Waals surface area contributed by atoms with Crippen LogP contribution in [0.3, 0.4) is 0 Å². The molecule has 0 radical (unpaired) electrons. The number of likely N-dealkylation sites (tertiary alicyclic amines) is 1. The van der Waals surface area contributed by atoms with Gasteiger partial charge in [0.1, 0.15) is 11.6 Å². The van der Waals surface area contributed by atoms with E-state index in [9.17, 15) is 9.59 Å². The molecular weight excluding hydrogens is 620 g/mol. The van der Waals surface area contributed by atoms with Gasteiger partial charge >= 0.3 is 6.03 Å². The second-order valence-corrected chi connectivity index (χ2v) is 11.9. The normalized spacial score (nSPS) is 16.3. The second-order valence-electron chi connectivity index (χ2n) is 11.9. The highest BCUT2D eigenvalue weighted by Crippen LogP contribution is 2.30. The van der Waals surface area contributed by atoms with E-state index in [0.29, 0.717) is 60.7 Å². The number of pyridine rings is 1. The summed E-state index contributed by atoms with van der Waals surface area (Å²) < 4.78 is 5.61. The Morgan fingerprint density at radius 3 is 2.43 bits per heavy atom. The van der Waals surface area contributed by atoms with Crippen molar-refractivity contribution in [3.8, 4) is 11.4 Å². The number of anilines is 5. The Morgan fingerprint density at radius 1 is 0.939 bits per heavy atom. The number of morpholine rings is 1. The molecule has 2 saturated heterocycles. The molecule has 2 aliphatic rings. The summed E-state index contributed by atoms with van der Waals surface area (Å²) in [7, 11) is 0. The summed E-state index contributed by atoms with van der Waals surface area (Å²) in [5, 5.41) is 20.5. The molecule has 2 aromatic heterocycles. The van der Waals surface area contributed by atoms with Gasteiger partial charge in [-0.3, -0.25) is 14.7 Å². The van der Waals surface area contributed by atoms with Gasteiger partial charge in [0.2, 0.25) is 5.91 Å². The number of nitrogens with one attached hydrogen (secondary N) is 5. The molecule has 2 aromatic carbocycles. The molecule has 4 aromatic rings. The first-order valence-corrected chi connectivity index (χ1v) is 16.3. The van der Waals surface area contributed by atoms with Crippen LogP contribution in [-0.4, -0.2) is 83.4 Å². The lowest BCUT2D eigenvalue weighted by molar-refractivity contribution is -0.111. The summed E-state index contributed by atoms with van der Waals surface area (Å²) in [5.74, 6) is 1.59. The number of carbonyl (C=O) groups is 2. The number of nitrogens with zero attached hydrogens (tertiary/aromatic N) is 5. The first kappa shape index (κ1) is 33.2. The quantitative estimate of drug-likeness (QED) is 0.107. The SMILES string of the molecule is C=CC(=O)Nc1cccc(CN2CCCC(Nc3nc(-c4ccc(NC(=O)Nc5ccncc5)cc4)nc(N4CCOCC4)c3C=N)C2)c1. The minimum absolute atomic E-state index is 0.0990. The molecular formula is C36H40N10O3. The lowest BCUT2D eigenvalue weighted by Crippen LogP contribution is -2.42. The van der Waals surface area contributed by atoms with E-state index in [1.807, 2.05) is 42.5 Å². The fourth-order valence-corrected chi connectivity index (χ4v) is 5.99. The molecule has 4 heterocycles. The molecule has 0 bridgehead atoms.